The minimum atomic E-state index is 0.674. The number of ether oxygens (including phenoxy) is 1. The van der Waals surface area contributed by atoms with Gasteiger partial charge in [-0.1, -0.05) is 11.3 Å². The third kappa shape index (κ3) is 2.48. The van der Waals surface area contributed by atoms with Crippen LogP contribution in [-0.2, 0) is 6.42 Å². The van der Waals surface area contributed by atoms with Crippen LogP contribution < -0.4 is 10.5 Å². The molecule has 2 N–H and O–H groups in total. The molecule has 0 aromatic carbocycles. The second kappa shape index (κ2) is 4.31. The van der Waals surface area contributed by atoms with Gasteiger partial charge < -0.3 is 10.5 Å². The van der Waals surface area contributed by atoms with Gasteiger partial charge >= 0.3 is 0 Å². The number of thiazole rings is 1. The molecule has 0 spiro atoms. The Hall–Kier alpha value is -0.610. The van der Waals surface area contributed by atoms with E-state index in [4.69, 9.17) is 10.5 Å². The van der Waals surface area contributed by atoms with Crippen LogP contribution in [0.25, 0.3) is 0 Å². The summed E-state index contributed by atoms with van der Waals surface area (Å²) in [6, 6.07) is 0. The highest BCUT2D eigenvalue weighted by Crippen LogP contribution is 2.20. The van der Waals surface area contributed by atoms with Crippen molar-refractivity contribution >= 4 is 11.3 Å². The van der Waals surface area contributed by atoms with Crippen molar-refractivity contribution in [2.75, 3.05) is 13.2 Å². The van der Waals surface area contributed by atoms with E-state index in [1.165, 1.54) is 4.88 Å². The molecule has 62 valence electrons. The van der Waals surface area contributed by atoms with E-state index >= 15 is 0 Å². The number of hydrogen-bond acceptors (Lipinski definition) is 4. The lowest BCUT2D eigenvalue weighted by atomic mass is 10.4. The molecule has 0 fully saturated rings. The molecule has 0 saturated heterocycles. The zero-order valence-corrected chi connectivity index (χ0v) is 7.36. The summed E-state index contributed by atoms with van der Waals surface area (Å²) in [7, 11) is 0. The third-order valence-corrected chi connectivity index (χ3v) is 2.16. The van der Waals surface area contributed by atoms with Crippen molar-refractivity contribution in [3.05, 3.63) is 11.1 Å². The SMILES string of the molecule is CCOc1ncc(CCN)s1. The number of hydrogen-bond donors (Lipinski definition) is 1. The highest BCUT2D eigenvalue weighted by Gasteiger charge is 1.99. The Morgan fingerprint density at radius 3 is 3.18 bits per heavy atom. The van der Waals surface area contributed by atoms with Gasteiger partial charge in [0.1, 0.15) is 0 Å². The van der Waals surface area contributed by atoms with E-state index in [0.717, 1.165) is 11.6 Å². The Balaban J connectivity index is 2.51. The molecule has 11 heavy (non-hydrogen) atoms. The van der Waals surface area contributed by atoms with E-state index in [-0.39, 0.29) is 0 Å². The summed E-state index contributed by atoms with van der Waals surface area (Å²) >= 11 is 1.57. The summed E-state index contributed by atoms with van der Waals surface area (Å²) in [5.41, 5.74) is 5.38. The zero-order chi connectivity index (χ0) is 8.10. The van der Waals surface area contributed by atoms with Crippen molar-refractivity contribution < 1.29 is 4.74 Å². The normalized spacial score (nSPS) is 10.0. The summed E-state index contributed by atoms with van der Waals surface area (Å²) in [4.78, 5) is 5.26. The molecule has 1 rings (SSSR count). The first-order chi connectivity index (χ1) is 5.36. The molecular weight excluding hydrogens is 160 g/mol. The lowest BCUT2D eigenvalue weighted by molar-refractivity contribution is 0.338. The van der Waals surface area contributed by atoms with Gasteiger partial charge in [-0.3, -0.25) is 0 Å². The first-order valence-corrected chi connectivity index (χ1v) is 4.46. The van der Waals surface area contributed by atoms with Gasteiger partial charge in [-0.25, -0.2) is 4.98 Å². The Labute approximate surface area is 70.2 Å². The molecule has 0 unspecified atom stereocenters. The van der Waals surface area contributed by atoms with Crippen LogP contribution >= 0.6 is 11.3 Å². The molecule has 0 aliphatic rings. The molecule has 1 heterocycles. The smallest absolute Gasteiger partial charge is 0.273 e. The largest absolute Gasteiger partial charge is 0.470 e. The summed E-state index contributed by atoms with van der Waals surface area (Å²) in [5, 5.41) is 0.746. The Morgan fingerprint density at radius 2 is 2.55 bits per heavy atom. The van der Waals surface area contributed by atoms with Crippen molar-refractivity contribution in [1.82, 2.24) is 4.98 Å². The van der Waals surface area contributed by atoms with E-state index in [1.807, 2.05) is 13.1 Å². The molecule has 1 aromatic heterocycles. The summed E-state index contributed by atoms with van der Waals surface area (Å²) in [6.07, 6.45) is 2.72. The van der Waals surface area contributed by atoms with E-state index in [0.29, 0.717) is 13.2 Å². The Morgan fingerprint density at radius 1 is 1.73 bits per heavy atom. The molecule has 0 aliphatic carbocycles. The number of rotatable bonds is 4. The maximum absolute atomic E-state index is 5.38. The van der Waals surface area contributed by atoms with Gasteiger partial charge in [0.15, 0.2) is 0 Å². The van der Waals surface area contributed by atoms with Crippen LogP contribution in [0, 0.1) is 0 Å². The summed E-state index contributed by atoms with van der Waals surface area (Å²) < 4.78 is 5.20. The van der Waals surface area contributed by atoms with Crippen molar-refractivity contribution in [3.63, 3.8) is 0 Å². The average molecular weight is 172 g/mol. The van der Waals surface area contributed by atoms with Gasteiger partial charge in [-0.2, -0.15) is 0 Å². The minimum Gasteiger partial charge on any atom is -0.470 e. The van der Waals surface area contributed by atoms with Crippen LogP contribution in [0.5, 0.6) is 5.19 Å². The van der Waals surface area contributed by atoms with Gasteiger partial charge in [-0.05, 0) is 19.9 Å². The third-order valence-electron chi connectivity index (χ3n) is 1.19. The van der Waals surface area contributed by atoms with E-state index in [2.05, 4.69) is 4.98 Å². The maximum Gasteiger partial charge on any atom is 0.273 e. The second-order valence-electron chi connectivity index (χ2n) is 2.06. The number of aromatic nitrogens is 1. The van der Waals surface area contributed by atoms with Gasteiger partial charge in [0.05, 0.1) is 6.61 Å². The monoisotopic (exact) mass is 172 g/mol. The standard InChI is InChI=1S/C7H12N2OS/c1-2-10-7-9-5-6(11-7)3-4-8/h5H,2-4,8H2,1H3. The molecule has 0 radical (unpaired) electrons. The molecule has 3 nitrogen and oxygen atoms in total. The molecule has 0 aliphatic heterocycles. The van der Waals surface area contributed by atoms with E-state index in [9.17, 15) is 0 Å². The lowest BCUT2D eigenvalue weighted by Crippen LogP contribution is -2.00. The Bertz CT molecular complexity index is 191. The van der Waals surface area contributed by atoms with Crippen molar-refractivity contribution in [1.29, 1.82) is 0 Å². The van der Waals surface area contributed by atoms with Crippen molar-refractivity contribution in [3.8, 4) is 5.19 Å². The highest BCUT2D eigenvalue weighted by atomic mass is 32.1. The molecular formula is C7H12N2OS. The molecule has 0 atom stereocenters. The topological polar surface area (TPSA) is 48.1 Å². The van der Waals surface area contributed by atoms with Crippen LogP contribution in [0.1, 0.15) is 11.8 Å². The summed E-state index contributed by atoms with van der Waals surface area (Å²) in [6.45, 7) is 3.30. The molecule has 0 bridgehead atoms. The molecule has 1 aromatic rings. The van der Waals surface area contributed by atoms with Crippen LogP contribution in [0.2, 0.25) is 0 Å². The molecule has 0 amide bonds. The molecule has 4 heteroatoms. The number of nitrogens with two attached hydrogens (primary N) is 1. The number of nitrogens with zero attached hydrogens (tertiary/aromatic N) is 1. The van der Waals surface area contributed by atoms with Crippen LogP contribution in [0.4, 0.5) is 0 Å². The van der Waals surface area contributed by atoms with E-state index in [1.54, 1.807) is 11.3 Å². The predicted molar refractivity (Wildman–Crippen MR) is 46.0 cm³/mol. The van der Waals surface area contributed by atoms with Gasteiger partial charge in [0.2, 0.25) is 0 Å². The quantitative estimate of drug-likeness (QED) is 0.738. The van der Waals surface area contributed by atoms with Gasteiger partial charge in [0.25, 0.3) is 5.19 Å². The molecule has 0 saturated carbocycles. The predicted octanol–water partition coefficient (Wildman–Crippen LogP) is 1.04. The van der Waals surface area contributed by atoms with Crippen molar-refractivity contribution in [2.45, 2.75) is 13.3 Å². The Kier molecular flexibility index (Phi) is 3.32. The zero-order valence-electron chi connectivity index (χ0n) is 6.54. The van der Waals surface area contributed by atoms with E-state index < -0.39 is 0 Å². The minimum absolute atomic E-state index is 0.674. The van der Waals surface area contributed by atoms with Crippen molar-refractivity contribution in [2.24, 2.45) is 5.73 Å². The fourth-order valence-electron chi connectivity index (χ4n) is 0.738. The first kappa shape index (κ1) is 8.49. The maximum atomic E-state index is 5.38. The average Bonchev–Trinajstić information content (AvgIpc) is 2.38. The fourth-order valence-corrected chi connectivity index (χ4v) is 1.57. The highest BCUT2D eigenvalue weighted by molar-refractivity contribution is 7.13. The van der Waals surface area contributed by atoms with Gasteiger partial charge in [-0.15, -0.1) is 0 Å². The van der Waals surface area contributed by atoms with Crippen LogP contribution in [0.3, 0.4) is 0 Å². The van der Waals surface area contributed by atoms with Crippen LogP contribution in [-0.4, -0.2) is 18.1 Å². The fraction of sp³-hybridized carbons (Fsp3) is 0.571. The van der Waals surface area contributed by atoms with Gasteiger partial charge in [0, 0.05) is 11.1 Å². The summed E-state index contributed by atoms with van der Waals surface area (Å²) in [5.74, 6) is 0. The second-order valence-corrected chi connectivity index (χ2v) is 3.14. The lowest BCUT2D eigenvalue weighted by Gasteiger charge is -1.93. The van der Waals surface area contributed by atoms with Crippen LogP contribution in [0.15, 0.2) is 6.20 Å². The first-order valence-electron chi connectivity index (χ1n) is 3.64.